The monoisotopic (exact) mass is 348 g/mol. The van der Waals surface area contributed by atoms with Gasteiger partial charge in [-0.3, -0.25) is 9.80 Å². The fourth-order valence-corrected chi connectivity index (χ4v) is 5.48. The molecule has 0 radical (unpaired) electrons. The molecule has 2 atom stereocenters. The highest BCUT2D eigenvalue weighted by Gasteiger charge is 2.46. The van der Waals surface area contributed by atoms with E-state index in [4.69, 9.17) is 4.74 Å². The maximum absolute atomic E-state index is 13.3. The second-order valence-corrected chi connectivity index (χ2v) is 8.63. The number of hydrogen-bond acceptors (Lipinski definition) is 5. The number of thiophene rings is 1. The molecule has 0 spiro atoms. The number of carbonyl (C=O) groups excluding carboxylic acids is 1. The molecule has 4 aliphatic rings. The van der Waals surface area contributed by atoms with Crippen molar-refractivity contribution in [2.45, 2.75) is 50.7 Å². The lowest BCUT2D eigenvalue weighted by Crippen LogP contribution is -2.56. The third-order valence-electron chi connectivity index (χ3n) is 6.24. The van der Waals surface area contributed by atoms with E-state index in [1.54, 1.807) is 11.3 Å². The first-order valence-corrected chi connectivity index (χ1v) is 10.3. The molecule has 4 nitrogen and oxygen atoms in total. The molecule has 0 aliphatic carbocycles. The van der Waals surface area contributed by atoms with Crippen molar-refractivity contribution in [2.75, 3.05) is 32.7 Å². The van der Waals surface area contributed by atoms with E-state index < -0.39 is 5.54 Å². The van der Waals surface area contributed by atoms with Crippen LogP contribution in [-0.2, 0) is 15.1 Å². The number of carbonyl (C=O) groups is 1. The second-order valence-electron chi connectivity index (χ2n) is 7.68. The number of hydrogen-bond donors (Lipinski definition) is 0. The van der Waals surface area contributed by atoms with Gasteiger partial charge in [0.05, 0.1) is 0 Å². The zero-order valence-corrected chi connectivity index (χ0v) is 15.4. The molecule has 2 bridgehead atoms. The lowest BCUT2D eigenvalue weighted by Gasteiger charge is -2.46. The average Bonchev–Trinajstić information content (AvgIpc) is 3.18. The Labute approximate surface area is 148 Å². The minimum atomic E-state index is -0.624. The fourth-order valence-electron chi connectivity index (χ4n) is 4.58. The SMILES string of the molecule is CC(C(=O)OC1CN2CCC1CC2)(c1cccs1)N1CCCCC1. The van der Waals surface area contributed by atoms with Gasteiger partial charge in [-0.2, -0.15) is 0 Å². The van der Waals surface area contributed by atoms with E-state index in [1.165, 1.54) is 45.2 Å². The number of rotatable bonds is 4. The quantitative estimate of drug-likeness (QED) is 0.783. The van der Waals surface area contributed by atoms with Crippen LogP contribution in [0.4, 0.5) is 0 Å². The van der Waals surface area contributed by atoms with Gasteiger partial charge in [0.2, 0.25) is 0 Å². The van der Waals surface area contributed by atoms with E-state index >= 15 is 0 Å². The molecule has 0 N–H and O–H groups in total. The minimum absolute atomic E-state index is 0.0365. The van der Waals surface area contributed by atoms with Gasteiger partial charge < -0.3 is 4.74 Å². The molecule has 0 saturated carbocycles. The van der Waals surface area contributed by atoms with Gasteiger partial charge in [-0.15, -0.1) is 11.3 Å². The summed E-state index contributed by atoms with van der Waals surface area (Å²) < 4.78 is 6.15. The number of fused-ring (bicyclic) bond motifs is 3. The van der Waals surface area contributed by atoms with Gasteiger partial charge in [-0.1, -0.05) is 12.5 Å². The van der Waals surface area contributed by atoms with Crippen LogP contribution in [0.2, 0.25) is 0 Å². The van der Waals surface area contributed by atoms with Crippen molar-refractivity contribution in [2.24, 2.45) is 5.92 Å². The van der Waals surface area contributed by atoms with E-state index in [1.807, 2.05) is 6.07 Å². The Morgan fingerprint density at radius 2 is 1.96 bits per heavy atom. The summed E-state index contributed by atoms with van der Waals surface area (Å²) >= 11 is 1.68. The maximum Gasteiger partial charge on any atom is 0.332 e. The fraction of sp³-hybridized carbons (Fsp3) is 0.737. The van der Waals surface area contributed by atoms with Crippen LogP contribution < -0.4 is 0 Å². The number of likely N-dealkylation sites (tertiary alicyclic amines) is 1. The third-order valence-corrected chi connectivity index (χ3v) is 7.32. The summed E-state index contributed by atoms with van der Waals surface area (Å²) in [5.41, 5.74) is -0.624. The highest BCUT2D eigenvalue weighted by molar-refractivity contribution is 7.10. The molecule has 0 aromatic carbocycles. The van der Waals surface area contributed by atoms with E-state index in [-0.39, 0.29) is 12.1 Å². The molecule has 2 unspecified atom stereocenters. The zero-order valence-electron chi connectivity index (χ0n) is 14.6. The first kappa shape index (κ1) is 16.6. The maximum atomic E-state index is 13.3. The van der Waals surface area contributed by atoms with E-state index in [9.17, 15) is 4.79 Å². The Hall–Kier alpha value is -0.910. The van der Waals surface area contributed by atoms with E-state index in [2.05, 4.69) is 28.2 Å². The summed E-state index contributed by atoms with van der Waals surface area (Å²) in [5.74, 6) is 0.526. The van der Waals surface area contributed by atoms with Crippen molar-refractivity contribution < 1.29 is 9.53 Å². The number of nitrogens with zero attached hydrogens (tertiary/aromatic N) is 2. The van der Waals surface area contributed by atoms with Gasteiger partial charge >= 0.3 is 5.97 Å². The lowest BCUT2D eigenvalue weighted by molar-refractivity contribution is -0.174. The van der Waals surface area contributed by atoms with Crippen molar-refractivity contribution >= 4 is 17.3 Å². The van der Waals surface area contributed by atoms with Crippen LogP contribution in [0.3, 0.4) is 0 Å². The van der Waals surface area contributed by atoms with Crippen molar-refractivity contribution in [1.82, 2.24) is 9.80 Å². The molecule has 132 valence electrons. The van der Waals surface area contributed by atoms with Crippen molar-refractivity contribution in [1.29, 1.82) is 0 Å². The molecule has 5 rings (SSSR count). The molecule has 1 aromatic rings. The largest absolute Gasteiger partial charge is 0.459 e. The lowest BCUT2D eigenvalue weighted by atomic mass is 9.85. The van der Waals surface area contributed by atoms with Gasteiger partial charge in [0.1, 0.15) is 6.10 Å². The summed E-state index contributed by atoms with van der Waals surface area (Å²) in [7, 11) is 0. The highest BCUT2D eigenvalue weighted by atomic mass is 32.1. The standard InChI is InChI=1S/C19H28N2O2S/c1-19(17-6-5-13-24-17,21-9-3-2-4-10-21)18(22)23-16-14-20-11-7-15(16)8-12-20/h5-6,13,15-16H,2-4,7-12,14H2,1H3. The first-order chi connectivity index (χ1) is 11.7. The topological polar surface area (TPSA) is 32.8 Å². The minimum Gasteiger partial charge on any atom is -0.459 e. The van der Waals surface area contributed by atoms with Gasteiger partial charge in [-0.05, 0) is 76.2 Å². The first-order valence-electron chi connectivity index (χ1n) is 9.40. The van der Waals surface area contributed by atoms with Crippen molar-refractivity contribution in [3.8, 4) is 0 Å². The van der Waals surface area contributed by atoms with E-state index in [0.717, 1.165) is 24.5 Å². The van der Waals surface area contributed by atoms with Gasteiger partial charge in [0.15, 0.2) is 5.54 Å². The molecule has 4 aliphatic heterocycles. The van der Waals surface area contributed by atoms with Crippen LogP contribution >= 0.6 is 11.3 Å². The molecule has 0 amide bonds. The van der Waals surface area contributed by atoms with Crippen LogP contribution in [0.1, 0.15) is 43.9 Å². The second kappa shape index (κ2) is 6.77. The van der Waals surface area contributed by atoms with E-state index in [0.29, 0.717) is 5.92 Å². The van der Waals surface area contributed by atoms with Crippen LogP contribution in [0.15, 0.2) is 17.5 Å². The number of piperidine rings is 4. The molecule has 1 aromatic heterocycles. The van der Waals surface area contributed by atoms with Crippen molar-refractivity contribution in [3.05, 3.63) is 22.4 Å². The molecular weight excluding hydrogens is 320 g/mol. The molecular formula is C19H28N2O2S. The Morgan fingerprint density at radius 1 is 1.21 bits per heavy atom. The smallest absolute Gasteiger partial charge is 0.332 e. The van der Waals surface area contributed by atoms with Gasteiger partial charge in [-0.25, -0.2) is 4.79 Å². The average molecular weight is 349 g/mol. The Kier molecular flexibility index (Phi) is 4.67. The summed E-state index contributed by atoms with van der Waals surface area (Å²) in [4.78, 5) is 19.3. The highest BCUT2D eigenvalue weighted by Crippen LogP contribution is 2.37. The summed E-state index contributed by atoms with van der Waals surface area (Å²) in [6.07, 6.45) is 6.06. The Morgan fingerprint density at radius 3 is 2.54 bits per heavy atom. The molecule has 24 heavy (non-hydrogen) atoms. The molecule has 5 heteroatoms. The van der Waals surface area contributed by atoms with Crippen LogP contribution in [-0.4, -0.2) is 54.6 Å². The molecule has 5 heterocycles. The van der Waals surface area contributed by atoms with Crippen molar-refractivity contribution in [3.63, 3.8) is 0 Å². The normalized spacial score (nSPS) is 33.1. The Bertz CT molecular complexity index is 562. The molecule has 4 saturated heterocycles. The summed E-state index contributed by atoms with van der Waals surface area (Å²) in [5, 5.41) is 2.07. The third kappa shape index (κ3) is 2.91. The van der Waals surface area contributed by atoms with Crippen LogP contribution in [0, 0.1) is 5.92 Å². The van der Waals surface area contributed by atoms with Crippen LogP contribution in [0.5, 0.6) is 0 Å². The Balaban J connectivity index is 1.55. The predicted octanol–water partition coefficient (Wildman–Crippen LogP) is 3.09. The number of ether oxygens (including phenoxy) is 1. The summed E-state index contributed by atoms with van der Waals surface area (Å²) in [6, 6.07) is 4.14. The van der Waals surface area contributed by atoms with Crippen LogP contribution in [0.25, 0.3) is 0 Å². The number of esters is 1. The van der Waals surface area contributed by atoms with Gasteiger partial charge in [0.25, 0.3) is 0 Å². The predicted molar refractivity (Wildman–Crippen MR) is 96.1 cm³/mol. The molecule has 4 fully saturated rings. The summed E-state index contributed by atoms with van der Waals surface area (Å²) in [6.45, 7) is 7.33. The zero-order chi connectivity index (χ0) is 16.6. The van der Waals surface area contributed by atoms with Gasteiger partial charge in [0, 0.05) is 11.4 Å².